The van der Waals surface area contributed by atoms with Crippen molar-refractivity contribution in [2.75, 3.05) is 0 Å². The van der Waals surface area contributed by atoms with E-state index in [1.54, 1.807) is 24.3 Å². The van der Waals surface area contributed by atoms with Gasteiger partial charge in [-0.1, -0.05) is 15.9 Å². The number of rotatable bonds is 2. The van der Waals surface area contributed by atoms with E-state index in [4.69, 9.17) is 0 Å². The van der Waals surface area contributed by atoms with Gasteiger partial charge in [-0.2, -0.15) is 5.10 Å². The van der Waals surface area contributed by atoms with E-state index in [1.165, 1.54) is 24.3 Å². The second-order valence-corrected chi connectivity index (χ2v) is 5.15. The van der Waals surface area contributed by atoms with Crippen molar-refractivity contribution in [1.82, 2.24) is 10.2 Å². The Balaban J connectivity index is 2.01. The molecule has 5 heteroatoms. The summed E-state index contributed by atoms with van der Waals surface area (Å²) < 4.78 is 27.0. The summed E-state index contributed by atoms with van der Waals surface area (Å²) >= 11 is 3.38. The van der Waals surface area contributed by atoms with Crippen LogP contribution in [0.25, 0.3) is 22.5 Å². The summed E-state index contributed by atoms with van der Waals surface area (Å²) in [5.41, 5.74) is 2.85. The zero-order valence-corrected chi connectivity index (χ0v) is 11.8. The van der Waals surface area contributed by atoms with Crippen LogP contribution in [0.5, 0.6) is 0 Å². The van der Waals surface area contributed by atoms with E-state index in [2.05, 4.69) is 26.1 Å². The second kappa shape index (κ2) is 5.17. The van der Waals surface area contributed by atoms with Crippen LogP contribution in [0.4, 0.5) is 8.78 Å². The molecule has 0 bridgehead atoms. The standard InChI is InChI=1S/C15H9BrF2N2/c16-13-6-5-11(18)7-12(13)15-8-14(19-20-15)9-1-3-10(17)4-2-9/h1-8H,(H,19,20). The van der Waals surface area contributed by atoms with Crippen LogP contribution in [0.2, 0.25) is 0 Å². The van der Waals surface area contributed by atoms with Gasteiger partial charge in [0.2, 0.25) is 0 Å². The minimum Gasteiger partial charge on any atom is -0.277 e. The molecule has 1 N–H and O–H groups in total. The molecule has 100 valence electrons. The highest BCUT2D eigenvalue weighted by Crippen LogP contribution is 2.30. The van der Waals surface area contributed by atoms with E-state index in [9.17, 15) is 8.78 Å². The molecule has 20 heavy (non-hydrogen) atoms. The van der Waals surface area contributed by atoms with Gasteiger partial charge in [0.05, 0.1) is 11.4 Å². The number of nitrogens with one attached hydrogen (secondary N) is 1. The Labute approximate surface area is 122 Å². The summed E-state index contributed by atoms with van der Waals surface area (Å²) in [5.74, 6) is -0.612. The summed E-state index contributed by atoms with van der Waals surface area (Å²) in [6.07, 6.45) is 0. The predicted molar refractivity (Wildman–Crippen MR) is 77.1 cm³/mol. The number of aromatic nitrogens is 2. The fraction of sp³-hybridized carbons (Fsp3) is 0. The first kappa shape index (κ1) is 13.0. The van der Waals surface area contributed by atoms with Crippen molar-refractivity contribution in [3.63, 3.8) is 0 Å². The fourth-order valence-electron chi connectivity index (χ4n) is 1.93. The highest BCUT2D eigenvalue weighted by atomic mass is 79.9. The zero-order valence-electron chi connectivity index (χ0n) is 10.2. The SMILES string of the molecule is Fc1ccc(-c2cc(-c3cc(F)ccc3Br)[nH]n2)cc1. The van der Waals surface area contributed by atoms with Crippen molar-refractivity contribution in [1.29, 1.82) is 0 Å². The van der Waals surface area contributed by atoms with Crippen LogP contribution in [0.1, 0.15) is 0 Å². The summed E-state index contributed by atoms with van der Waals surface area (Å²) in [7, 11) is 0. The highest BCUT2D eigenvalue weighted by molar-refractivity contribution is 9.10. The van der Waals surface area contributed by atoms with Crippen molar-refractivity contribution in [3.05, 3.63) is 64.6 Å². The Hall–Kier alpha value is -2.01. The summed E-state index contributed by atoms with van der Waals surface area (Å²) in [5, 5.41) is 7.04. The largest absolute Gasteiger partial charge is 0.277 e. The first-order chi connectivity index (χ1) is 9.63. The minimum atomic E-state index is -0.318. The summed E-state index contributed by atoms with van der Waals surface area (Å²) in [6.45, 7) is 0. The molecule has 0 radical (unpaired) electrons. The third kappa shape index (κ3) is 2.49. The Morgan fingerprint density at radius 2 is 1.60 bits per heavy atom. The van der Waals surface area contributed by atoms with Gasteiger partial charge in [-0.05, 0) is 48.5 Å². The maximum absolute atomic E-state index is 13.3. The molecule has 2 aromatic carbocycles. The normalized spacial score (nSPS) is 10.8. The smallest absolute Gasteiger partial charge is 0.123 e. The molecule has 0 saturated carbocycles. The van der Waals surface area contributed by atoms with Crippen molar-refractivity contribution in [3.8, 4) is 22.5 Å². The lowest BCUT2D eigenvalue weighted by Crippen LogP contribution is -1.82. The van der Waals surface area contributed by atoms with Gasteiger partial charge in [0, 0.05) is 15.6 Å². The lowest BCUT2D eigenvalue weighted by atomic mass is 10.1. The van der Waals surface area contributed by atoms with E-state index in [-0.39, 0.29) is 11.6 Å². The minimum absolute atomic E-state index is 0.294. The maximum Gasteiger partial charge on any atom is 0.123 e. The number of hydrogen-bond donors (Lipinski definition) is 1. The van der Waals surface area contributed by atoms with Gasteiger partial charge < -0.3 is 0 Å². The van der Waals surface area contributed by atoms with Gasteiger partial charge in [-0.25, -0.2) is 8.78 Å². The monoisotopic (exact) mass is 334 g/mol. The number of H-pyrrole nitrogens is 1. The Morgan fingerprint density at radius 3 is 2.35 bits per heavy atom. The van der Waals surface area contributed by atoms with E-state index in [0.29, 0.717) is 17.0 Å². The molecule has 0 amide bonds. The molecule has 0 aliphatic heterocycles. The Kier molecular flexibility index (Phi) is 3.36. The average molecular weight is 335 g/mol. The van der Waals surface area contributed by atoms with Crippen LogP contribution in [-0.4, -0.2) is 10.2 Å². The van der Waals surface area contributed by atoms with E-state index in [1.807, 2.05) is 0 Å². The van der Waals surface area contributed by atoms with E-state index in [0.717, 1.165) is 10.0 Å². The second-order valence-electron chi connectivity index (χ2n) is 4.30. The summed E-state index contributed by atoms with van der Waals surface area (Å²) in [6, 6.07) is 12.3. The Morgan fingerprint density at radius 1 is 0.900 bits per heavy atom. The molecule has 0 aliphatic carbocycles. The van der Waals surface area contributed by atoms with Gasteiger partial charge in [0.1, 0.15) is 11.6 Å². The van der Waals surface area contributed by atoms with Crippen molar-refractivity contribution >= 4 is 15.9 Å². The lowest BCUT2D eigenvalue weighted by molar-refractivity contribution is 0.627. The van der Waals surface area contributed by atoms with E-state index >= 15 is 0 Å². The molecule has 0 spiro atoms. The predicted octanol–water partition coefficient (Wildman–Crippen LogP) is 4.78. The van der Waals surface area contributed by atoms with Crippen molar-refractivity contribution in [2.45, 2.75) is 0 Å². The highest BCUT2D eigenvalue weighted by Gasteiger charge is 2.09. The van der Waals surface area contributed by atoms with Crippen molar-refractivity contribution in [2.24, 2.45) is 0 Å². The molecular weight excluding hydrogens is 326 g/mol. The molecular formula is C15H9BrF2N2. The molecule has 2 nitrogen and oxygen atoms in total. The number of benzene rings is 2. The maximum atomic E-state index is 13.3. The topological polar surface area (TPSA) is 28.7 Å². The molecule has 0 unspecified atom stereocenters. The molecule has 3 aromatic rings. The molecule has 0 saturated heterocycles. The van der Waals surface area contributed by atoms with Gasteiger partial charge >= 0.3 is 0 Å². The van der Waals surface area contributed by atoms with Crippen LogP contribution in [0, 0.1) is 11.6 Å². The first-order valence-corrected chi connectivity index (χ1v) is 6.69. The average Bonchev–Trinajstić information content (AvgIpc) is 2.92. The number of halogens is 3. The van der Waals surface area contributed by atoms with Gasteiger partial charge in [0.15, 0.2) is 0 Å². The number of hydrogen-bond acceptors (Lipinski definition) is 1. The van der Waals surface area contributed by atoms with Crippen LogP contribution in [0.3, 0.4) is 0 Å². The molecule has 3 rings (SSSR count). The van der Waals surface area contributed by atoms with Gasteiger partial charge in [0.25, 0.3) is 0 Å². The quantitative estimate of drug-likeness (QED) is 0.717. The number of nitrogens with zero attached hydrogens (tertiary/aromatic N) is 1. The third-order valence-corrected chi connectivity index (χ3v) is 3.63. The molecule has 0 fully saturated rings. The summed E-state index contributed by atoms with van der Waals surface area (Å²) in [4.78, 5) is 0. The third-order valence-electron chi connectivity index (χ3n) is 2.94. The molecule has 0 atom stereocenters. The van der Waals surface area contributed by atoms with E-state index < -0.39 is 0 Å². The van der Waals surface area contributed by atoms with Crippen LogP contribution >= 0.6 is 15.9 Å². The van der Waals surface area contributed by atoms with Crippen LogP contribution < -0.4 is 0 Å². The Bertz CT molecular complexity index is 751. The lowest BCUT2D eigenvalue weighted by Gasteiger charge is -2.00. The first-order valence-electron chi connectivity index (χ1n) is 5.90. The van der Waals surface area contributed by atoms with Crippen LogP contribution in [0.15, 0.2) is 53.0 Å². The van der Waals surface area contributed by atoms with Gasteiger partial charge in [-0.3, -0.25) is 5.10 Å². The van der Waals surface area contributed by atoms with Crippen LogP contribution in [-0.2, 0) is 0 Å². The molecule has 0 aliphatic rings. The van der Waals surface area contributed by atoms with Crippen molar-refractivity contribution < 1.29 is 8.78 Å². The molecule has 1 heterocycles. The zero-order chi connectivity index (χ0) is 14.1. The number of aromatic amines is 1. The van der Waals surface area contributed by atoms with Gasteiger partial charge in [-0.15, -0.1) is 0 Å². The fourth-order valence-corrected chi connectivity index (χ4v) is 2.39. The molecule has 1 aromatic heterocycles.